The van der Waals surface area contributed by atoms with E-state index in [1.807, 2.05) is 0 Å². The van der Waals surface area contributed by atoms with Crippen LogP contribution in [0.25, 0.3) is 0 Å². The molecule has 0 aromatic rings. The van der Waals surface area contributed by atoms with Gasteiger partial charge in [-0.3, -0.25) is 0 Å². The first-order chi connectivity index (χ1) is 2.91. The van der Waals surface area contributed by atoms with Crippen molar-refractivity contribution < 1.29 is 0 Å². The van der Waals surface area contributed by atoms with Crippen LogP contribution in [0, 0.1) is 0 Å². The van der Waals surface area contributed by atoms with Crippen LogP contribution in [0.3, 0.4) is 0 Å². The van der Waals surface area contributed by atoms with Crippen LogP contribution in [0.1, 0.15) is 39.5 Å². The molecule has 0 nitrogen and oxygen atoms in total. The molecule has 0 rings (SSSR count). The summed E-state index contributed by atoms with van der Waals surface area (Å²) in [5, 5.41) is 0. The van der Waals surface area contributed by atoms with E-state index < -0.39 is 0 Å². The van der Waals surface area contributed by atoms with Crippen LogP contribution in [-0.4, -0.2) is 37.7 Å². The van der Waals surface area contributed by atoms with Crippen LogP contribution >= 0.6 is 0 Å². The molecule has 1 heteroatoms. The fourth-order valence-electron chi connectivity index (χ4n) is 0.500. The number of hydrogen-bond donors (Lipinski definition) is 0. The first-order valence-electron chi connectivity index (χ1n) is 2.91. The second-order valence-electron chi connectivity index (χ2n) is 1.71. The zero-order valence-corrected chi connectivity index (χ0v) is 4.83. The third-order valence-corrected chi connectivity index (χ3v) is 0.957. The summed E-state index contributed by atoms with van der Waals surface area (Å²) < 4.78 is 0. The molecule has 42 valence electrons. The molecular weight excluding hydrogens is 112 g/mol. The van der Waals surface area contributed by atoms with Gasteiger partial charge in [0.15, 0.2) is 0 Å². The van der Waals surface area contributed by atoms with Gasteiger partial charge in [0.1, 0.15) is 0 Å². The van der Waals surface area contributed by atoms with Crippen molar-refractivity contribution in [2.75, 3.05) is 0 Å². The van der Waals surface area contributed by atoms with Gasteiger partial charge in [-0.2, -0.15) is 0 Å². The molecule has 0 radical (unpaired) electrons. The van der Waals surface area contributed by atoms with Crippen LogP contribution in [0.4, 0.5) is 0 Å². The molecule has 0 unspecified atom stereocenters. The second kappa shape index (κ2) is 10.3. The molecule has 0 aliphatic rings. The van der Waals surface area contributed by atoms with Crippen LogP contribution < -0.4 is 0 Å². The van der Waals surface area contributed by atoms with Gasteiger partial charge in [0.05, 0.1) is 0 Å². The second-order valence-corrected chi connectivity index (χ2v) is 1.71. The summed E-state index contributed by atoms with van der Waals surface area (Å²) in [4.78, 5) is 0. The van der Waals surface area contributed by atoms with Gasteiger partial charge in [0.25, 0.3) is 0 Å². The molecule has 0 bridgehead atoms. The molecule has 0 spiro atoms. The van der Waals surface area contributed by atoms with Gasteiger partial charge in [-0.15, -0.1) is 0 Å². The van der Waals surface area contributed by atoms with Crippen molar-refractivity contribution in [1.82, 2.24) is 0 Å². The van der Waals surface area contributed by atoms with Crippen LogP contribution in [0.5, 0.6) is 0 Å². The number of hydrogen-bond acceptors (Lipinski definition) is 0. The Morgan fingerprint density at radius 2 is 1.14 bits per heavy atom. The Balaban J connectivity index is 0. The molecule has 0 fully saturated rings. The van der Waals surface area contributed by atoms with Crippen LogP contribution in [0.2, 0.25) is 0 Å². The van der Waals surface area contributed by atoms with Crippen molar-refractivity contribution in [3.05, 3.63) is 0 Å². The Kier molecular flexibility index (Phi) is 16.3. The molecule has 0 heterocycles. The fraction of sp³-hybridized carbons (Fsp3) is 1.00. The third-order valence-electron chi connectivity index (χ3n) is 0.957. The van der Waals surface area contributed by atoms with Crippen molar-refractivity contribution in [3.8, 4) is 0 Å². The molecule has 0 saturated heterocycles. The maximum atomic E-state index is 2.23. The molecule has 0 aromatic carbocycles. The topological polar surface area (TPSA) is 0 Å². The summed E-state index contributed by atoms with van der Waals surface area (Å²) >= 11 is 0. The van der Waals surface area contributed by atoms with E-state index in [1.54, 1.807) is 0 Å². The van der Waals surface area contributed by atoms with E-state index in [2.05, 4.69) is 13.8 Å². The van der Waals surface area contributed by atoms with Crippen molar-refractivity contribution in [3.63, 3.8) is 0 Å². The number of unbranched alkanes of at least 4 members (excludes halogenated alkanes) is 3. The zero-order valence-electron chi connectivity index (χ0n) is 4.83. The molecule has 0 atom stereocenters. The fourth-order valence-corrected chi connectivity index (χ4v) is 0.500. The summed E-state index contributed by atoms with van der Waals surface area (Å²) in [6.45, 7) is 4.46. The van der Waals surface area contributed by atoms with Crippen LogP contribution in [-0.2, 0) is 0 Å². The van der Waals surface area contributed by atoms with E-state index in [0.29, 0.717) is 0 Å². The predicted molar refractivity (Wildman–Crippen MR) is 38.4 cm³/mol. The van der Waals surface area contributed by atoms with Crippen molar-refractivity contribution in [2.45, 2.75) is 39.5 Å². The van der Waals surface area contributed by atoms with E-state index in [4.69, 9.17) is 0 Å². The average Bonchev–Trinajstić information content (AvgIpc) is 1.61. The predicted octanol–water partition coefficient (Wildman–Crippen LogP) is 1.67. The maximum absolute atomic E-state index is 2.23. The SMILES string of the molecule is CCCCCC.[CaH2]. The molecule has 0 N–H and O–H groups in total. The van der Waals surface area contributed by atoms with Gasteiger partial charge in [-0.05, 0) is 0 Å². The standard InChI is InChI=1S/C6H14.Ca.2H/c1-3-5-6-4-2;;;/h3-6H2,1-2H3;;;. The van der Waals surface area contributed by atoms with Crippen molar-refractivity contribution in [2.24, 2.45) is 0 Å². The van der Waals surface area contributed by atoms with Crippen LogP contribution in [0.15, 0.2) is 0 Å². The summed E-state index contributed by atoms with van der Waals surface area (Å²) in [5.41, 5.74) is 0. The zero-order chi connectivity index (χ0) is 4.83. The molecule has 0 aromatic heterocycles. The van der Waals surface area contributed by atoms with Gasteiger partial charge in [0.2, 0.25) is 0 Å². The minimum atomic E-state index is 0. The summed E-state index contributed by atoms with van der Waals surface area (Å²) in [5.74, 6) is 0. The first-order valence-corrected chi connectivity index (χ1v) is 2.91. The Morgan fingerprint density at radius 3 is 1.29 bits per heavy atom. The van der Waals surface area contributed by atoms with Gasteiger partial charge < -0.3 is 0 Å². The van der Waals surface area contributed by atoms with E-state index in [0.717, 1.165) is 0 Å². The van der Waals surface area contributed by atoms with Gasteiger partial charge in [-0.1, -0.05) is 39.5 Å². The normalized spacial score (nSPS) is 7.71. The van der Waals surface area contributed by atoms with E-state index in [-0.39, 0.29) is 37.7 Å². The van der Waals surface area contributed by atoms with E-state index in [9.17, 15) is 0 Å². The molecule has 0 aliphatic heterocycles. The monoisotopic (exact) mass is 128 g/mol. The first kappa shape index (κ1) is 11.1. The minimum absolute atomic E-state index is 0. The summed E-state index contributed by atoms with van der Waals surface area (Å²) in [6.07, 6.45) is 5.54. The molecular formula is C6H16Ca. The van der Waals surface area contributed by atoms with Gasteiger partial charge in [0, 0.05) is 0 Å². The Morgan fingerprint density at radius 1 is 0.857 bits per heavy atom. The van der Waals surface area contributed by atoms with Crippen molar-refractivity contribution >= 4 is 37.7 Å². The molecule has 0 aliphatic carbocycles. The average molecular weight is 128 g/mol. The summed E-state index contributed by atoms with van der Waals surface area (Å²) in [7, 11) is 0. The Bertz CT molecular complexity index is 16.1. The van der Waals surface area contributed by atoms with E-state index in [1.165, 1.54) is 25.7 Å². The molecule has 0 saturated carbocycles. The quantitative estimate of drug-likeness (QED) is 0.400. The van der Waals surface area contributed by atoms with E-state index >= 15 is 0 Å². The molecule has 0 amide bonds. The van der Waals surface area contributed by atoms with Crippen molar-refractivity contribution in [1.29, 1.82) is 0 Å². The van der Waals surface area contributed by atoms with Gasteiger partial charge in [-0.25, -0.2) is 0 Å². The summed E-state index contributed by atoms with van der Waals surface area (Å²) in [6, 6.07) is 0. The number of rotatable bonds is 3. The Labute approximate surface area is 76.7 Å². The molecule has 7 heavy (non-hydrogen) atoms. The third kappa shape index (κ3) is 11.1. The van der Waals surface area contributed by atoms with Gasteiger partial charge >= 0.3 is 37.7 Å². The Hall–Kier alpha value is 1.26.